The molecule has 0 aliphatic rings. The van der Waals surface area contributed by atoms with Gasteiger partial charge in [-0.1, -0.05) is 48.5 Å². The van der Waals surface area contributed by atoms with E-state index in [0.29, 0.717) is 6.61 Å². The predicted octanol–water partition coefficient (Wildman–Crippen LogP) is 2.77. The van der Waals surface area contributed by atoms with Gasteiger partial charge in [0.15, 0.2) is 0 Å². The molecule has 2 rings (SSSR count). The van der Waals surface area contributed by atoms with Gasteiger partial charge in [0.2, 0.25) is 0 Å². The number of nitrogens with two attached hydrogens (primary N) is 1. The minimum Gasteiger partial charge on any atom is -0.492 e. The van der Waals surface area contributed by atoms with Crippen LogP contribution in [0, 0.1) is 0 Å². The second-order valence-electron chi connectivity index (χ2n) is 3.64. The number of rotatable bonds is 4. The quantitative estimate of drug-likeness (QED) is 0.847. The van der Waals surface area contributed by atoms with Crippen LogP contribution in [-0.2, 0) is 0 Å². The van der Waals surface area contributed by atoms with Crippen LogP contribution in [-0.4, -0.2) is 6.61 Å². The lowest BCUT2D eigenvalue weighted by Crippen LogP contribution is -2.18. The van der Waals surface area contributed by atoms with Crippen LogP contribution in [0.5, 0.6) is 5.75 Å². The van der Waals surface area contributed by atoms with Crippen molar-refractivity contribution in [1.29, 1.82) is 0 Å². The highest BCUT2D eigenvalue weighted by Gasteiger charge is 2.05. The van der Waals surface area contributed by atoms with Crippen molar-refractivity contribution in [2.75, 3.05) is 6.61 Å². The molecule has 2 N–H and O–H groups in total. The molecule has 0 aliphatic carbocycles. The summed E-state index contributed by atoms with van der Waals surface area (Å²) in [6.45, 7) is 0.494. The van der Waals surface area contributed by atoms with Crippen molar-refractivity contribution in [1.82, 2.24) is 0 Å². The summed E-state index contributed by atoms with van der Waals surface area (Å²) >= 11 is 0. The Morgan fingerprint density at radius 3 is 2.06 bits per heavy atom. The smallest absolute Gasteiger partial charge is 0.119 e. The summed E-state index contributed by atoms with van der Waals surface area (Å²) in [6.07, 6.45) is 0. The zero-order valence-corrected chi connectivity index (χ0v) is 9.04. The van der Waals surface area contributed by atoms with Gasteiger partial charge in [0.05, 0.1) is 6.04 Å². The van der Waals surface area contributed by atoms with Crippen LogP contribution in [0.4, 0.5) is 0 Å². The summed E-state index contributed by atoms with van der Waals surface area (Å²) in [5.74, 6) is 0.855. The first-order valence-electron chi connectivity index (χ1n) is 5.34. The molecule has 0 unspecified atom stereocenters. The van der Waals surface area contributed by atoms with E-state index in [2.05, 4.69) is 0 Å². The van der Waals surface area contributed by atoms with E-state index in [-0.39, 0.29) is 6.04 Å². The van der Waals surface area contributed by atoms with Gasteiger partial charge in [-0.3, -0.25) is 0 Å². The standard InChI is InChI=1S/C14H15NO/c15-14(12-7-3-1-4-8-12)11-16-13-9-5-2-6-10-13/h1-10,14H,11,15H2/t14-/m0/s1. The summed E-state index contributed by atoms with van der Waals surface area (Å²) < 4.78 is 5.60. The highest BCUT2D eigenvalue weighted by atomic mass is 16.5. The maximum atomic E-state index is 6.02. The number of hydrogen-bond acceptors (Lipinski definition) is 2. The van der Waals surface area contributed by atoms with Gasteiger partial charge in [0.25, 0.3) is 0 Å². The van der Waals surface area contributed by atoms with Crippen LogP contribution < -0.4 is 10.5 Å². The molecule has 1 atom stereocenters. The van der Waals surface area contributed by atoms with Gasteiger partial charge in [-0.05, 0) is 17.7 Å². The molecule has 0 fully saturated rings. The van der Waals surface area contributed by atoms with E-state index in [0.717, 1.165) is 11.3 Å². The zero-order valence-electron chi connectivity index (χ0n) is 9.04. The average Bonchev–Trinajstić information content (AvgIpc) is 2.38. The number of hydrogen-bond donors (Lipinski definition) is 1. The van der Waals surface area contributed by atoms with Crippen LogP contribution in [0.2, 0.25) is 0 Å². The van der Waals surface area contributed by atoms with Crippen LogP contribution in [0.1, 0.15) is 11.6 Å². The molecule has 2 aromatic carbocycles. The second-order valence-corrected chi connectivity index (χ2v) is 3.64. The minimum absolute atomic E-state index is 0.0820. The lowest BCUT2D eigenvalue weighted by molar-refractivity contribution is 0.290. The predicted molar refractivity (Wildman–Crippen MR) is 65.3 cm³/mol. The molecule has 82 valence electrons. The average molecular weight is 213 g/mol. The van der Waals surface area contributed by atoms with E-state index in [1.807, 2.05) is 60.7 Å². The topological polar surface area (TPSA) is 35.2 Å². The Labute approximate surface area is 95.7 Å². The van der Waals surface area contributed by atoms with Crippen molar-refractivity contribution in [3.05, 3.63) is 66.2 Å². The molecule has 0 spiro atoms. The Morgan fingerprint density at radius 2 is 1.44 bits per heavy atom. The Bertz CT molecular complexity index is 413. The van der Waals surface area contributed by atoms with E-state index in [9.17, 15) is 0 Å². The highest BCUT2D eigenvalue weighted by molar-refractivity contribution is 5.22. The van der Waals surface area contributed by atoms with Gasteiger partial charge in [-0.15, -0.1) is 0 Å². The fraction of sp³-hybridized carbons (Fsp3) is 0.143. The van der Waals surface area contributed by atoms with E-state index < -0.39 is 0 Å². The third kappa shape index (κ3) is 2.84. The zero-order chi connectivity index (χ0) is 11.2. The van der Waals surface area contributed by atoms with Crippen molar-refractivity contribution in [2.45, 2.75) is 6.04 Å². The third-order valence-electron chi connectivity index (χ3n) is 2.40. The number of para-hydroxylation sites is 1. The Morgan fingerprint density at radius 1 is 0.875 bits per heavy atom. The normalized spacial score (nSPS) is 12.1. The summed E-state index contributed by atoms with van der Waals surface area (Å²) in [7, 11) is 0. The molecule has 0 saturated carbocycles. The monoisotopic (exact) mass is 213 g/mol. The highest BCUT2D eigenvalue weighted by Crippen LogP contribution is 2.13. The molecule has 16 heavy (non-hydrogen) atoms. The molecular formula is C14H15NO. The van der Waals surface area contributed by atoms with Crippen molar-refractivity contribution in [3.8, 4) is 5.75 Å². The fourth-order valence-corrected chi connectivity index (χ4v) is 1.50. The van der Waals surface area contributed by atoms with Crippen molar-refractivity contribution < 1.29 is 4.74 Å². The Balaban J connectivity index is 1.92. The summed E-state index contributed by atoms with van der Waals surface area (Å²) in [6, 6.07) is 19.6. The lowest BCUT2D eigenvalue weighted by atomic mass is 10.1. The largest absolute Gasteiger partial charge is 0.492 e. The fourth-order valence-electron chi connectivity index (χ4n) is 1.50. The van der Waals surface area contributed by atoms with Crippen LogP contribution >= 0.6 is 0 Å². The van der Waals surface area contributed by atoms with Crippen LogP contribution in [0.25, 0.3) is 0 Å². The SMILES string of the molecule is N[C@@H](COc1ccccc1)c1ccccc1. The molecule has 2 heteroatoms. The van der Waals surface area contributed by atoms with E-state index in [4.69, 9.17) is 10.5 Å². The first kappa shape index (κ1) is 10.7. The molecule has 0 radical (unpaired) electrons. The molecule has 0 aromatic heterocycles. The Hall–Kier alpha value is -1.80. The van der Waals surface area contributed by atoms with Crippen LogP contribution in [0.15, 0.2) is 60.7 Å². The maximum Gasteiger partial charge on any atom is 0.119 e. The summed E-state index contributed by atoms with van der Waals surface area (Å²) in [4.78, 5) is 0. The van der Waals surface area contributed by atoms with Crippen molar-refractivity contribution in [3.63, 3.8) is 0 Å². The molecule has 0 bridgehead atoms. The van der Waals surface area contributed by atoms with Crippen molar-refractivity contribution in [2.24, 2.45) is 5.73 Å². The summed E-state index contributed by atoms with van der Waals surface area (Å²) in [5.41, 5.74) is 7.11. The Kier molecular flexibility index (Phi) is 3.57. The van der Waals surface area contributed by atoms with Gasteiger partial charge in [-0.25, -0.2) is 0 Å². The summed E-state index contributed by atoms with van der Waals surface area (Å²) in [5, 5.41) is 0. The van der Waals surface area contributed by atoms with Gasteiger partial charge >= 0.3 is 0 Å². The molecular weight excluding hydrogens is 198 g/mol. The molecule has 0 aliphatic heterocycles. The molecule has 2 nitrogen and oxygen atoms in total. The van der Waals surface area contributed by atoms with Crippen molar-refractivity contribution >= 4 is 0 Å². The van der Waals surface area contributed by atoms with Gasteiger partial charge < -0.3 is 10.5 Å². The molecule has 2 aromatic rings. The van der Waals surface area contributed by atoms with Gasteiger partial charge in [-0.2, -0.15) is 0 Å². The van der Waals surface area contributed by atoms with Gasteiger partial charge in [0.1, 0.15) is 12.4 Å². The lowest BCUT2D eigenvalue weighted by Gasteiger charge is -2.13. The molecule has 0 amide bonds. The minimum atomic E-state index is -0.0820. The van der Waals surface area contributed by atoms with Gasteiger partial charge in [0, 0.05) is 0 Å². The molecule has 0 saturated heterocycles. The first-order valence-corrected chi connectivity index (χ1v) is 5.34. The molecule has 0 heterocycles. The van der Waals surface area contributed by atoms with E-state index in [1.54, 1.807) is 0 Å². The van der Waals surface area contributed by atoms with E-state index >= 15 is 0 Å². The van der Waals surface area contributed by atoms with Crippen LogP contribution in [0.3, 0.4) is 0 Å². The second kappa shape index (κ2) is 5.33. The number of benzene rings is 2. The first-order chi connectivity index (χ1) is 7.86. The van der Waals surface area contributed by atoms with E-state index in [1.165, 1.54) is 0 Å². The third-order valence-corrected chi connectivity index (χ3v) is 2.40. The maximum absolute atomic E-state index is 6.02. The number of ether oxygens (including phenoxy) is 1.